The first kappa shape index (κ1) is 17.3. The molecule has 0 aromatic heterocycles. The van der Waals surface area contributed by atoms with Crippen LogP contribution in [0.4, 0.5) is 13.2 Å². The van der Waals surface area contributed by atoms with Gasteiger partial charge < -0.3 is 9.47 Å². The molecule has 0 aliphatic carbocycles. The van der Waals surface area contributed by atoms with Gasteiger partial charge in [-0.15, -0.1) is 0 Å². The molecule has 0 unspecified atom stereocenters. The van der Waals surface area contributed by atoms with Crippen LogP contribution in [0.3, 0.4) is 0 Å². The Bertz CT molecular complexity index is 490. The molecule has 0 aliphatic rings. The minimum atomic E-state index is -1.51. The van der Waals surface area contributed by atoms with Gasteiger partial charge in [0.25, 0.3) is 0 Å². The Morgan fingerprint density at radius 2 is 1.67 bits per heavy atom. The molecule has 0 spiro atoms. The third-order valence-electron chi connectivity index (χ3n) is 2.81. The van der Waals surface area contributed by atoms with Crippen LogP contribution in [0.2, 0.25) is 0 Å². The predicted molar refractivity (Wildman–Crippen MR) is 71.9 cm³/mol. The van der Waals surface area contributed by atoms with E-state index in [9.17, 15) is 18.0 Å². The zero-order valence-electron chi connectivity index (χ0n) is 12.2. The summed E-state index contributed by atoms with van der Waals surface area (Å²) in [5.41, 5.74) is -0.760. The van der Waals surface area contributed by atoms with Gasteiger partial charge in [-0.2, -0.15) is 4.39 Å². The van der Waals surface area contributed by atoms with E-state index in [1.54, 1.807) is 0 Å². The summed E-state index contributed by atoms with van der Waals surface area (Å²) >= 11 is 0. The molecule has 1 rings (SSSR count). The number of carbonyl (C=O) groups is 1. The summed E-state index contributed by atoms with van der Waals surface area (Å²) in [5.74, 6) is -5.96. The molecular weight excluding hydrogens is 285 g/mol. The Kier molecular flexibility index (Phi) is 7.05. The molecule has 6 heteroatoms. The molecule has 1 aromatic carbocycles. The van der Waals surface area contributed by atoms with E-state index in [-0.39, 0.29) is 13.2 Å². The third-order valence-corrected chi connectivity index (χ3v) is 2.81. The molecule has 0 heterocycles. The Morgan fingerprint density at radius 3 is 2.29 bits per heavy atom. The van der Waals surface area contributed by atoms with Crippen LogP contribution in [-0.4, -0.2) is 19.2 Å². The highest BCUT2D eigenvalue weighted by Gasteiger charge is 2.24. The highest BCUT2D eigenvalue weighted by Crippen LogP contribution is 2.27. The van der Waals surface area contributed by atoms with Crippen LogP contribution in [0.25, 0.3) is 0 Å². The zero-order valence-corrected chi connectivity index (χ0v) is 12.2. The van der Waals surface area contributed by atoms with Crippen LogP contribution in [-0.2, 0) is 4.74 Å². The summed E-state index contributed by atoms with van der Waals surface area (Å²) in [6, 6.07) is 0.605. The number of carbonyl (C=O) groups excluding carboxylic acids is 1. The van der Waals surface area contributed by atoms with E-state index >= 15 is 0 Å². The highest BCUT2D eigenvalue weighted by atomic mass is 19.2. The monoisotopic (exact) mass is 304 g/mol. The normalized spacial score (nSPS) is 10.5. The molecule has 0 saturated carbocycles. The van der Waals surface area contributed by atoms with Gasteiger partial charge >= 0.3 is 5.97 Å². The lowest BCUT2D eigenvalue weighted by Gasteiger charge is -2.11. The SMILES string of the molecule is CCCCOC(=O)c1cc(F)c(OCCCC)c(F)c1F. The van der Waals surface area contributed by atoms with Gasteiger partial charge in [-0.3, -0.25) is 0 Å². The van der Waals surface area contributed by atoms with Gasteiger partial charge in [0.05, 0.1) is 13.2 Å². The fraction of sp³-hybridized carbons (Fsp3) is 0.533. The summed E-state index contributed by atoms with van der Waals surface area (Å²) < 4.78 is 50.9. The maximum atomic E-state index is 13.8. The maximum Gasteiger partial charge on any atom is 0.341 e. The molecule has 118 valence electrons. The predicted octanol–water partition coefficient (Wildman–Crippen LogP) is 4.24. The van der Waals surface area contributed by atoms with Gasteiger partial charge in [0.1, 0.15) is 5.56 Å². The molecule has 1 aromatic rings. The summed E-state index contributed by atoms with van der Waals surface area (Å²) in [4.78, 5) is 11.6. The number of rotatable bonds is 8. The molecule has 0 bridgehead atoms. The molecule has 0 saturated heterocycles. The van der Waals surface area contributed by atoms with Gasteiger partial charge in [-0.05, 0) is 18.9 Å². The topological polar surface area (TPSA) is 35.5 Å². The van der Waals surface area contributed by atoms with E-state index in [2.05, 4.69) is 0 Å². The number of esters is 1. The summed E-state index contributed by atoms with van der Waals surface area (Å²) in [7, 11) is 0. The lowest BCUT2D eigenvalue weighted by molar-refractivity contribution is 0.0492. The van der Waals surface area contributed by atoms with Crippen molar-refractivity contribution in [1.82, 2.24) is 0 Å². The number of hydrogen-bond acceptors (Lipinski definition) is 3. The molecule has 0 atom stereocenters. The van der Waals surface area contributed by atoms with Crippen molar-refractivity contribution in [3.63, 3.8) is 0 Å². The van der Waals surface area contributed by atoms with Crippen molar-refractivity contribution in [1.29, 1.82) is 0 Å². The molecule has 0 aliphatic heterocycles. The second-order valence-corrected chi connectivity index (χ2v) is 4.55. The number of ether oxygens (including phenoxy) is 2. The van der Waals surface area contributed by atoms with E-state index in [0.29, 0.717) is 18.9 Å². The van der Waals surface area contributed by atoms with E-state index < -0.39 is 34.7 Å². The average Bonchev–Trinajstić information content (AvgIpc) is 2.46. The number of unbranched alkanes of at least 4 members (excludes halogenated alkanes) is 2. The van der Waals surface area contributed by atoms with E-state index in [1.807, 2.05) is 13.8 Å². The van der Waals surface area contributed by atoms with Crippen molar-refractivity contribution in [3.8, 4) is 5.75 Å². The molecule has 0 amide bonds. The first-order chi connectivity index (χ1) is 10.0. The fourth-order valence-electron chi connectivity index (χ4n) is 1.56. The van der Waals surface area contributed by atoms with Crippen LogP contribution in [0.15, 0.2) is 6.07 Å². The van der Waals surface area contributed by atoms with Crippen LogP contribution < -0.4 is 4.74 Å². The zero-order chi connectivity index (χ0) is 15.8. The number of benzene rings is 1. The molecule has 0 N–H and O–H groups in total. The van der Waals surface area contributed by atoms with Crippen LogP contribution in [0.5, 0.6) is 5.75 Å². The van der Waals surface area contributed by atoms with Crippen LogP contribution >= 0.6 is 0 Å². The third kappa shape index (κ3) is 4.65. The van der Waals surface area contributed by atoms with Gasteiger partial charge in [-0.1, -0.05) is 26.7 Å². The van der Waals surface area contributed by atoms with Gasteiger partial charge in [-0.25, -0.2) is 13.6 Å². The van der Waals surface area contributed by atoms with E-state index in [4.69, 9.17) is 9.47 Å². The minimum Gasteiger partial charge on any atom is -0.488 e. The van der Waals surface area contributed by atoms with Crippen molar-refractivity contribution in [2.24, 2.45) is 0 Å². The van der Waals surface area contributed by atoms with Crippen LogP contribution in [0.1, 0.15) is 49.9 Å². The fourth-order valence-corrected chi connectivity index (χ4v) is 1.56. The van der Waals surface area contributed by atoms with Gasteiger partial charge in [0.2, 0.25) is 5.82 Å². The average molecular weight is 304 g/mol. The second kappa shape index (κ2) is 8.54. The van der Waals surface area contributed by atoms with Gasteiger partial charge in [0, 0.05) is 0 Å². The Labute approximate surface area is 122 Å². The summed E-state index contributed by atoms with van der Waals surface area (Å²) in [5, 5.41) is 0. The largest absolute Gasteiger partial charge is 0.488 e. The van der Waals surface area contributed by atoms with Crippen molar-refractivity contribution >= 4 is 5.97 Å². The molecule has 3 nitrogen and oxygen atoms in total. The molecule has 0 fully saturated rings. The first-order valence-corrected chi connectivity index (χ1v) is 7.00. The Morgan fingerprint density at radius 1 is 1.05 bits per heavy atom. The highest BCUT2D eigenvalue weighted by molar-refractivity contribution is 5.90. The molecule has 21 heavy (non-hydrogen) atoms. The standard InChI is InChI=1S/C15H19F3O3/c1-3-5-7-20-14-11(16)9-10(12(17)13(14)18)15(19)21-8-6-4-2/h9H,3-8H2,1-2H3. The van der Waals surface area contributed by atoms with Crippen LogP contribution in [0, 0.1) is 17.5 Å². The maximum absolute atomic E-state index is 13.8. The smallest absolute Gasteiger partial charge is 0.341 e. The number of halogens is 3. The molecule has 0 radical (unpaired) electrons. The quantitative estimate of drug-likeness (QED) is 0.409. The Balaban J connectivity index is 2.91. The summed E-state index contributed by atoms with van der Waals surface area (Å²) in [6.07, 6.45) is 2.73. The van der Waals surface area contributed by atoms with Gasteiger partial charge in [0.15, 0.2) is 17.4 Å². The second-order valence-electron chi connectivity index (χ2n) is 4.55. The van der Waals surface area contributed by atoms with E-state index in [1.165, 1.54) is 0 Å². The minimum absolute atomic E-state index is 0.0735. The van der Waals surface area contributed by atoms with Crippen molar-refractivity contribution in [3.05, 3.63) is 29.1 Å². The summed E-state index contributed by atoms with van der Waals surface area (Å²) in [6.45, 7) is 3.92. The molecular formula is C15H19F3O3. The Hall–Kier alpha value is -1.72. The van der Waals surface area contributed by atoms with Crippen molar-refractivity contribution < 1.29 is 27.4 Å². The first-order valence-electron chi connectivity index (χ1n) is 7.00. The van der Waals surface area contributed by atoms with E-state index in [0.717, 1.165) is 12.8 Å². The van der Waals surface area contributed by atoms with Crippen molar-refractivity contribution in [2.45, 2.75) is 39.5 Å². The lowest BCUT2D eigenvalue weighted by atomic mass is 10.2. The van der Waals surface area contributed by atoms with Crippen molar-refractivity contribution in [2.75, 3.05) is 13.2 Å². The lowest BCUT2D eigenvalue weighted by Crippen LogP contribution is -2.12. The number of hydrogen-bond donors (Lipinski definition) is 0.